The lowest BCUT2D eigenvalue weighted by Crippen LogP contribution is -2.36. The van der Waals surface area contributed by atoms with E-state index in [1.54, 1.807) is 12.1 Å². The van der Waals surface area contributed by atoms with Crippen molar-refractivity contribution in [2.45, 2.75) is 13.0 Å². The minimum atomic E-state index is -0.963. The lowest BCUT2D eigenvalue weighted by Gasteiger charge is -2.14. The van der Waals surface area contributed by atoms with E-state index in [4.69, 9.17) is 9.84 Å². The van der Waals surface area contributed by atoms with Gasteiger partial charge in [-0.15, -0.1) is 0 Å². The third-order valence-corrected chi connectivity index (χ3v) is 3.11. The van der Waals surface area contributed by atoms with Crippen molar-refractivity contribution < 1.29 is 19.4 Å². The number of carboxylic acids is 1. The highest BCUT2D eigenvalue weighted by Crippen LogP contribution is 2.05. The van der Waals surface area contributed by atoms with E-state index < -0.39 is 5.97 Å². The normalized spacial score (nSPS) is 14.2. The van der Waals surface area contributed by atoms with E-state index in [9.17, 15) is 9.59 Å². The summed E-state index contributed by atoms with van der Waals surface area (Å²) in [6.07, 6.45) is 2.96. The molecule has 0 radical (unpaired) electrons. The van der Waals surface area contributed by atoms with Crippen LogP contribution in [0.2, 0.25) is 0 Å². The number of carboxylic acid groups (broad SMARTS) is 1. The van der Waals surface area contributed by atoms with Gasteiger partial charge in [0.1, 0.15) is 0 Å². The molecule has 112 valence electrons. The Kier molecular flexibility index (Phi) is 5.34. The predicted molar refractivity (Wildman–Crippen MR) is 77.2 cm³/mol. The van der Waals surface area contributed by atoms with Gasteiger partial charge in [-0.25, -0.2) is 9.59 Å². The average Bonchev–Trinajstić information content (AvgIpc) is 2.52. The molecule has 1 aromatic carbocycles. The summed E-state index contributed by atoms with van der Waals surface area (Å²) in [5, 5.41) is 14.3. The minimum absolute atomic E-state index is 0.229. The Morgan fingerprint density at radius 2 is 1.86 bits per heavy atom. The third-order valence-electron chi connectivity index (χ3n) is 3.11. The Bertz CT molecular complexity index is 537. The molecule has 1 heterocycles. The first-order valence-electron chi connectivity index (χ1n) is 6.75. The lowest BCUT2D eigenvalue weighted by atomic mass is 10.1. The maximum Gasteiger partial charge on any atom is 0.335 e. The number of nitrogens with one attached hydrogen (secondary N) is 2. The molecule has 21 heavy (non-hydrogen) atoms. The minimum Gasteiger partial charge on any atom is -0.478 e. The fourth-order valence-electron chi connectivity index (χ4n) is 1.94. The largest absolute Gasteiger partial charge is 0.478 e. The first-order chi connectivity index (χ1) is 10.1. The molecule has 1 aliphatic heterocycles. The molecule has 3 N–H and O–H groups in total. The van der Waals surface area contributed by atoms with Crippen molar-refractivity contribution in [3.8, 4) is 0 Å². The SMILES string of the molecule is O=C(NCC1=CCCOC1)NCc1ccc(C(=O)O)cc1. The molecule has 0 fully saturated rings. The maximum absolute atomic E-state index is 11.6. The van der Waals surface area contributed by atoms with Crippen LogP contribution in [0.25, 0.3) is 0 Å². The number of amides is 2. The summed E-state index contributed by atoms with van der Waals surface area (Å²) in [6, 6.07) is 6.13. The summed E-state index contributed by atoms with van der Waals surface area (Å²) >= 11 is 0. The molecule has 0 aromatic heterocycles. The molecule has 0 unspecified atom stereocenters. The molecule has 0 saturated heterocycles. The summed E-state index contributed by atoms with van der Waals surface area (Å²) < 4.78 is 5.29. The highest BCUT2D eigenvalue weighted by atomic mass is 16.5. The van der Waals surface area contributed by atoms with Crippen LogP contribution >= 0.6 is 0 Å². The van der Waals surface area contributed by atoms with Crippen LogP contribution in [0.1, 0.15) is 22.3 Å². The zero-order valence-electron chi connectivity index (χ0n) is 11.6. The van der Waals surface area contributed by atoms with Crippen LogP contribution in [0.4, 0.5) is 4.79 Å². The predicted octanol–water partition coefficient (Wildman–Crippen LogP) is 1.53. The van der Waals surface area contributed by atoms with Crippen molar-refractivity contribution in [2.75, 3.05) is 19.8 Å². The second-order valence-electron chi connectivity index (χ2n) is 4.74. The topological polar surface area (TPSA) is 87.7 Å². The number of benzene rings is 1. The highest BCUT2D eigenvalue weighted by Gasteiger charge is 2.06. The van der Waals surface area contributed by atoms with Crippen LogP contribution in [0.15, 0.2) is 35.9 Å². The van der Waals surface area contributed by atoms with Gasteiger partial charge in [-0.1, -0.05) is 18.2 Å². The van der Waals surface area contributed by atoms with Gasteiger partial charge in [0.05, 0.1) is 18.8 Å². The average molecular weight is 290 g/mol. The smallest absolute Gasteiger partial charge is 0.335 e. The van der Waals surface area contributed by atoms with Crippen molar-refractivity contribution in [1.82, 2.24) is 10.6 Å². The van der Waals surface area contributed by atoms with Gasteiger partial charge in [-0.05, 0) is 29.7 Å². The molecule has 1 aliphatic rings. The summed E-state index contributed by atoms with van der Waals surface area (Å²) in [6.45, 7) is 2.13. The van der Waals surface area contributed by atoms with Crippen molar-refractivity contribution >= 4 is 12.0 Å². The van der Waals surface area contributed by atoms with Crippen LogP contribution in [-0.2, 0) is 11.3 Å². The van der Waals surface area contributed by atoms with Crippen LogP contribution < -0.4 is 10.6 Å². The van der Waals surface area contributed by atoms with Crippen LogP contribution in [0.3, 0.4) is 0 Å². The summed E-state index contributed by atoms with van der Waals surface area (Å²) in [5.41, 5.74) is 2.14. The number of carbonyl (C=O) groups excluding carboxylic acids is 1. The van der Waals surface area contributed by atoms with Crippen molar-refractivity contribution in [1.29, 1.82) is 0 Å². The van der Waals surface area contributed by atoms with Gasteiger partial charge < -0.3 is 20.5 Å². The molecule has 0 saturated carbocycles. The molecule has 1 aromatic rings. The van der Waals surface area contributed by atoms with Gasteiger partial charge in [0.25, 0.3) is 0 Å². The van der Waals surface area contributed by atoms with Crippen molar-refractivity contribution in [3.63, 3.8) is 0 Å². The zero-order chi connectivity index (χ0) is 15.1. The van der Waals surface area contributed by atoms with E-state index in [1.807, 2.05) is 0 Å². The fourth-order valence-corrected chi connectivity index (χ4v) is 1.94. The quantitative estimate of drug-likeness (QED) is 0.718. The summed E-state index contributed by atoms with van der Waals surface area (Å²) in [5.74, 6) is -0.963. The van der Waals surface area contributed by atoms with Crippen molar-refractivity contribution in [2.24, 2.45) is 0 Å². The Hall–Kier alpha value is -2.34. The fraction of sp³-hybridized carbons (Fsp3) is 0.333. The number of ether oxygens (including phenoxy) is 1. The van der Waals surface area contributed by atoms with Crippen LogP contribution in [0, 0.1) is 0 Å². The summed E-state index contributed by atoms with van der Waals surface area (Å²) in [4.78, 5) is 22.4. The van der Waals surface area contributed by atoms with Gasteiger partial charge in [0.2, 0.25) is 0 Å². The number of urea groups is 1. The van der Waals surface area contributed by atoms with E-state index >= 15 is 0 Å². The zero-order valence-corrected chi connectivity index (χ0v) is 11.6. The van der Waals surface area contributed by atoms with Gasteiger partial charge in [0, 0.05) is 13.1 Å². The molecular formula is C15H18N2O4. The number of hydrogen-bond donors (Lipinski definition) is 3. The number of hydrogen-bond acceptors (Lipinski definition) is 3. The third kappa shape index (κ3) is 4.92. The van der Waals surface area contributed by atoms with Gasteiger partial charge in [-0.2, -0.15) is 0 Å². The Labute approximate surface area is 122 Å². The van der Waals surface area contributed by atoms with Crippen LogP contribution in [0.5, 0.6) is 0 Å². The van der Waals surface area contributed by atoms with E-state index in [1.165, 1.54) is 12.1 Å². The monoisotopic (exact) mass is 290 g/mol. The number of aromatic carboxylic acids is 1. The molecule has 2 amide bonds. The van der Waals surface area contributed by atoms with E-state index in [0.29, 0.717) is 19.7 Å². The highest BCUT2D eigenvalue weighted by molar-refractivity contribution is 5.87. The number of carbonyl (C=O) groups is 2. The molecule has 0 bridgehead atoms. The van der Waals surface area contributed by atoms with Gasteiger partial charge in [0.15, 0.2) is 0 Å². The second kappa shape index (κ2) is 7.44. The first-order valence-corrected chi connectivity index (χ1v) is 6.75. The molecule has 6 heteroatoms. The molecule has 0 atom stereocenters. The van der Waals surface area contributed by atoms with Crippen molar-refractivity contribution in [3.05, 3.63) is 47.0 Å². The lowest BCUT2D eigenvalue weighted by molar-refractivity contribution is 0.0697. The van der Waals surface area contributed by atoms with Gasteiger partial charge >= 0.3 is 12.0 Å². The van der Waals surface area contributed by atoms with E-state index in [0.717, 1.165) is 24.2 Å². The van der Waals surface area contributed by atoms with E-state index in [-0.39, 0.29) is 11.6 Å². The molecular weight excluding hydrogens is 272 g/mol. The molecule has 6 nitrogen and oxygen atoms in total. The Morgan fingerprint density at radius 3 is 2.48 bits per heavy atom. The Balaban J connectivity index is 1.73. The standard InChI is InChI=1S/C15H18N2O4/c18-14(19)13-5-3-11(4-6-13)8-16-15(20)17-9-12-2-1-7-21-10-12/h2-6H,1,7-10H2,(H,18,19)(H2,16,17,20). The summed E-state index contributed by atoms with van der Waals surface area (Å²) in [7, 11) is 0. The maximum atomic E-state index is 11.6. The molecule has 0 spiro atoms. The second-order valence-corrected chi connectivity index (χ2v) is 4.74. The first kappa shape index (κ1) is 15.1. The molecule has 0 aliphatic carbocycles. The van der Waals surface area contributed by atoms with E-state index in [2.05, 4.69) is 16.7 Å². The van der Waals surface area contributed by atoms with Crippen LogP contribution in [-0.4, -0.2) is 36.9 Å². The number of rotatable bonds is 5. The Morgan fingerprint density at radius 1 is 1.14 bits per heavy atom. The molecule has 2 rings (SSSR count). The van der Waals surface area contributed by atoms with Gasteiger partial charge in [-0.3, -0.25) is 0 Å².